The molecule has 1 aromatic heterocycles. The highest BCUT2D eigenvalue weighted by molar-refractivity contribution is 5.85. The van der Waals surface area contributed by atoms with Crippen molar-refractivity contribution in [3.63, 3.8) is 0 Å². The molecule has 0 saturated carbocycles. The first-order chi connectivity index (χ1) is 13.9. The smallest absolute Gasteiger partial charge is 0.245 e. The van der Waals surface area contributed by atoms with Crippen molar-refractivity contribution in [1.29, 1.82) is 0 Å². The number of hydrogen-bond donors (Lipinski definition) is 0. The number of hydrogen-bond acceptors (Lipinski definition) is 4. The summed E-state index contributed by atoms with van der Waals surface area (Å²) < 4.78 is 40.9. The van der Waals surface area contributed by atoms with Crippen LogP contribution in [0.15, 0.2) is 36.4 Å². The van der Waals surface area contributed by atoms with Crippen molar-refractivity contribution in [2.75, 3.05) is 31.1 Å². The number of benzene rings is 1. The third kappa shape index (κ3) is 3.06. The number of fused-ring (bicyclic) bond motifs is 1. The minimum Gasteiger partial charge on any atom is -0.356 e. The van der Waals surface area contributed by atoms with Crippen LogP contribution in [0.1, 0.15) is 30.9 Å². The Hall–Kier alpha value is -2.61. The largest absolute Gasteiger partial charge is 0.356 e. The summed E-state index contributed by atoms with van der Waals surface area (Å²) in [6, 6.07) is 7.85. The third-order valence-corrected chi connectivity index (χ3v) is 6.42. The van der Waals surface area contributed by atoms with Gasteiger partial charge in [0, 0.05) is 32.2 Å². The van der Waals surface area contributed by atoms with Crippen LogP contribution in [-0.4, -0.2) is 47.1 Å². The number of carbonyl (C=O) groups is 1. The summed E-state index contributed by atoms with van der Waals surface area (Å²) in [4.78, 5) is 19.4. The predicted molar refractivity (Wildman–Crippen MR) is 100 cm³/mol. The second-order valence-electron chi connectivity index (χ2n) is 8.13. The zero-order chi connectivity index (χ0) is 20.2. The van der Waals surface area contributed by atoms with Crippen LogP contribution in [0.4, 0.5) is 19.0 Å². The summed E-state index contributed by atoms with van der Waals surface area (Å²) in [6.07, 6.45) is 1.94. The van der Waals surface area contributed by atoms with Gasteiger partial charge in [-0.3, -0.25) is 9.80 Å². The van der Waals surface area contributed by atoms with E-state index in [1.807, 2.05) is 9.91 Å². The topological polar surface area (TPSA) is 39.7 Å². The molecule has 152 valence electrons. The highest BCUT2D eigenvalue weighted by atomic mass is 19.1. The van der Waals surface area contributed by atoms with Gasteiger partial charge in [0.15, 0.2) is 0 Å². The molecule has 0 radical (unpaired) electrons. The minimum absolute atomic E-state index is 0.0246. The van der Waals surface area contributed by atoms with Crippen molar-refractivity contribution in [1.82, 2.24) is 15.0 Å². The third-order valence-electron chi connectivity index (χ3n) is 6.42. The van der Waals surface area contributed by atoms with E-state index in [0.717, 1.165) is 6.07 Å². The van der Waals surface area contributed by atoms with Gasteiger partial charge in [0.05, 0.1) is 11.5 Å². The molecule has 0 aliphatic carbocycles. The summed E-state index contributed by atoms with van der Waals surface area (Å²) in [5.74, 6) is -1.17. The van der Waals surface area contributed by atoms with Gasteiger partial charge in [0.25, 0.3) is 0 Å². The number of hydrazine groups is 1. The Kier molecular flexibility index (Phi) is 4.27. The number of carbonyl (C=O) groups excluding carboxylic acids is 1. The molecule has 3 aliphatic heterocycles. The van der Waals surface area contributed by atoms with Gasteiger partial charge in [-0.25, -0.2) is 18.8 Å². The molecular formula is C21H21F3N4O. The highest BCUT2D eigenvalue weighted by Gasteiger charge is 2.56. The Morgan fingerprint density at radius 2 is 1.72 bits per heavy atom. The van der Waals surface area contributed by atoms with Gasteiger partial charge in [0.2, 0.25) is 11.9 Å². The molecule has 3 aliphatic rings. The Labute approximate surface area is 166 Å². The molecule has 5 rings (SSSR count). The van der Waals surface area contributed by atoms with E-state index in [9.17, 15) is 18.0 Å². The lowest BCUT2D eigenvalue weighted by Crippen LogP contribution is -2.46. The molecule has 3 saturated heterocycles. The van der Waals surface area contributed by atoms with Crippen molar-refractivity contribution in [2.24, 2.45) is 5.41 Å². The van der Waals surface area contributed by atoms with Crippen LogP contribution in [0.5, 0.6) is 0 Å². The quantitative estimate of drug-likeness (QED) is 0.723. The molecule has 5 nitrogen and oxygen atoms in total. The predicted octanol–water partition coefficient (Wildman–Crippen LogP) is 3.29. The lowest BCUT2D eigenvalue weighted by molar-refractivity contribution is -0.143. The van der Waals surface area contributed by atoms with Gasteiger partial charge in [-0.05, 0) is 49.1 Å². The van der Waals surface area contributed by atoms with Crippen LogP contribution >= 0.6 is 0 Å². The number of pyridine rings is 1. The second-order valence-corrected chi connectivity index (χ2v) is 8.13. The van der Waals surface area contributed by atoms with E-state index >= 15 is 0 Å². The molecule has 1 amide bonds. The molecule has 2 aromatic rings. The van der Waals surface area contributed by atoms with Gasteiger partial charge < -0.3 is 4.90 Å². The zero-order valence-corrected chi connectivity index (χ0v) is 15.8. The van der Waals surface area contributed by atoms with Crippen LogP contribution < -0.4 is 4.90 Å². The number of halogens is 3. The lowest BCUT2D eigenvalue weighted by Gasteiger charge is -2.38. The Bertz CT molecular complexity index is 940. The SMILES string of the molecule is O=C1N2[C@H](c3cc(F)cc(F)c3)CCN2CC12CCN(c1cccc(F)n1)CC2. The first kappa shape index (κ1) is 18.4. The van der Waals surface area contributed by atoms with Gasteiger partial charge in [0.1, 0.15) is 17.5 Å². The number of amides is 1. The Balaban J connectivity index is 1.35. The van der Waals surface area contributed by atoms with E-state index in [1.54, 1.807) is 17.1 Å². The van der Waals surface area contributed by atoms with Gasteiger partial charge >= 0.3 is 0 Å². The number of nitrogens with zero attached hydrogens (tertiary/aromatic N) is 4. The number of anilines is 1. The number of piperidine rings is 1. The molecule has 0 unspecified atom stereocenters. The molecule has 0 bridgehead atoms. The van der Waals surface area contributed by atoms with Crippen LogP contribution in [0, 0.1) is 23.0 Å². The van der Waals surface area contributed by atoms with Crippen LogP contribution in [0.3, 0.4) is 0 Å². The van der Waals surface area contributed by atoms with Crippen molar-refractivity contribution in [3.8, 4) is 0 Å². The monoisotopic (exact) mass is 402 g/mol. The van der Waals surface area contributed by atoms with E-state index in [1.165, 1.54) is 18.2 Å². The average molecular weight is 402 g/mol. The Morgan fingerprint density at radius 3 is 2.41 bits per heavy atom. The van der Waals surface area contributed by atoms with E-state index in [0.29, 0.717) is 56.8 Å². The van der Waals surface area contributed by atoms with Crippen molar-refractivity contribution in [3.05, 3.63) is 59.5 Å². The maximum absolute atomic E-state index is 13.7. The molecular weight excluding hydrogens is 381 g/mol. The fourth-order valence-corrected chi connectivity index (χ4v) is 4.97. The Morgan fingerprint density at radius 1 is 1.00 bits per heavy atom. The van der Waals surface area contributed by atoms with Crippen LogP contribution in [0.2, 0.25) is 0 Å². The summed E-state index contributed by atoms with van der Waals surface area (Å²) in [5, 5.41) is 3.73. The number of rotatable bonds is 2. The van der Waals surface area contributed by atoms with E-state index in [4.69, 9.17) is 0 Å². The molecule has 1 aromatic carbocycles. The van der Waals surface area contributed by atoms with Crippen LogP contribution in [0.25, 0.3) is 0 Å². The summed E-state index contributed by atoms with van der Waals surface area (Å²) in [7, 11) is 0. The maximum atomic E-state index is 13.7. The molecule has 0 N–H and O–H groups in total. The fourth-order valence-electron chi connectivity index (χ4n) is 4.97. The van der Waals surface area contributed by atoms with E-state index in [-0.39, 0.29) is 11.9 Å². The summed E-state index contributed by atoms with van der Waals surface area (Å²) in [5.41, 5.74) is -0.00856. The summed E-state index contributed by atoms with van der Waals surface area (Å²) in [6.45, 7) is 2.53. The van der Waals surface area contributed by atoms with E-state index in [2.05, 4.69) is 4.98 Å². The van der Waals surface area contributed by atoms with Gasteiger partial charge in [-0.2, -0.15) is 4.39 Å². The normalized spacial score (nSPS) is 23.8. The zero-order valence-electron chi connectivity index (χ0n) is 15.8. The van der Waals surface area contributed by atoms with Crippen LogP contribution in [-0.2, 0) is 4.79 Å². The van der Waals surface area contributed by atoms with Crippen molar-refractivity contribution < 1.29 is 18.0 Å². The second kappa shape index (κ2) is 6.73. The molecule has 8 heteroatoms. The standard InChI is InChI=1S/C21H21F3N4O/c22-15-10-14(11-16(23)12-15)17-4-7-27-13-21(20(29)28(17)27)5-8-26(9-6-21)19-3-1-2-18(24)25-19/h1-3,10-12,17H,4-9,13H2/t17-/m0/s1. The molecule has 1 spiro atoms. The average Bonchev–Trinajstić information content (AvgIpc) is 3.20. The molecule has 3 fully saturated rings. The molecule has 1 atom stereocenters. The number of aromatic nitrogens is 1. The maximum Gasteiger partial charge on any atom is 0.245 e. The lowest BCUT2D eigenvalue weighted by atomic mass is 9.77. The molecule has 29 heavy (non-hydrogen) atoms. The minimum atomic E-state index is -0.629. The van der Waals surface area contributed by atoms with Crippen molar-refractivity contribution >= 4 is 11.7 Å². The highest BCUT2D eigenvalue weighted by Crippen LogP contribution is 2.47. The van der Waals surface area contributed by atoms with E-state index < -0.39 is 23.0 Å². The first-order valence-electron chi connectivity index (χ1n) is 9.87. The van der Waals surface area contributed by atoms with Crippen molar-refractivity contribution in [2.45, 2.75) is 25.3 Å². The summed E-state index contributed by atoms with van der Waals surface area (Å²) >= 11 is 0. The van der Waals surface area contributed by atoms with Gasteiger partial charge in [-0.15, -0.1) is 0 Å². The molecule has 4 heterocycles. The van der Waals surface area contributed by atoms with Gasteiger partial charge in [-0.1, -0.05) is 6.07 Å². The fraction of sp³-hybridized carbons (Fsp3) is 0.429. The first-order valence-corrected chi connectivity index (χ1v) is 9.87.